The van der Waals surface area contributed by atoms with Gasteiger partial charge in [0.1, 0.15) is 0 Å². The van der Waals surface area contributed by atoms with E-state index in [9.17, 15) is 28.5 Å². The lowest BCUT2D eigenvalue weighted by Crippen LogP contribution is -2.36. The lowest BCUT2D eigenvalue weighted by molar-refractivity contribution is -0.240. The zero-order chi connectivity index (χ0) is 26.1. The second-order valence-corrected chi connectivity index (χ2v) is 12.6. The zero-order valence-corrected chi connectivity index (χ0v) is 22.4. The second kappa shape index (κ2) is 13.9. The summed E-state index contributed by atoms with van der Waals surface area (Å²) in [7, 11) is -10.6. The first kappa shape index (κ1) is 30.1. The first-order valence-electron chi connectivity index (χ1n) is 11.3. The van der Waals surface area contributed by atoms with E-state index >= 15 is 0 Å². The highest BCUT2D eigenvalue weighted by Gasteiger charge is 2.42. The summed E-state index contributed by atoms with van der Waals surface area (Å²) >= 11 is 1.87. The van der Waals surface area contributed by atoms with Gasteiger partial charge in [-0.2, -0.15) is 11.8 Å². The molecule has 2 aliphatic rings. The van der Waals surface area contributed by atoms with Crippen molar-refractivity contribution in [2.75, 3.05) is 18.9 Å². The number of carbonyl (C=O) groups is 2. The number of nitrogens with one attached hydrogen (secondary N) is 3. The SMILES string of the molecule is C/C(=C\COP(=O)([O-])OP(=O)([O-])O)CC/C=C(\C)CNC(=O)CCCC[C@@H]1SC[C@@H]2NC(=O)N[C@@H]21. The van der Waals surface area contributed by atoms with Crippen molar-refractivity contribution in [2.24, 2.45) is 0 Å². The van der Waals surface area contributed by atoms with Crippen LogP contribution < -0.4 is 25.7 Å². The van der Waals surface area contributed by atoms with Crippen molar-refractivity contribution in [1.29, 1.82) is 0 Å². The largest absolute Gasteiger partial charge is 0.756 e. The molecular weight excluding hydrogens is 520 g/mol. The molecule has 5 atom stereocenters. The van der Waals surface area contributed by atoms with E-state index in [0.717, 1.165) is 36.2 Å². The van der Waals surface area contributed by atoms with Gasteiger partial charge >= 0.3 is 6.03 Å². The van der Waals surface area contributed by atoms with E-state index in [1.54, 1.807) is 6.92 Å². The lowest BCUT2D eigenvalue weighted by atomic mass is 10.0. The topological polar surface area (TPSA) is 189 Å². The Morgan fingerprint density at radius 3 is 2.66 bits per heavy atom. The fraction of sp³-hybridized carbons (Fsp3) is 0.700. The van der Waals surface area contributed by atoms with Crippen LogP contribution in [0.5, 0.6) is 0 Å². The van der Waals surface area contributed by atoms with Gasteiger partial charge in [0.25, 0.3) is 15.6 Å². The van der Waals surface area contributed by atoms with Crippen molar-refractivity contribution in [1.82, 2.24) is 16.0 Å². The number of hydrogen-bond acceptors (Lipinski definition) is 9. The van der Waals surface area contributed by atoms with Crippen molar-refractivity contribution < 1.29 is 42.2 Å². The van der Waals surface area contributed by atoms with E-state index in [1.807, 2.05) is 24.8 Å². The number of rotatable bonds is 15. The third kappa shape index (κ3) is 12.1. The average molecular weight is 554 g/mol. The van der Waals surface area contributed by atoms with Crippen LogP contribution >= 0.6 is 27.4 Å². The molecule has 4 N–H and O–H groups in total. The molecule has 12 nitrogen and oxygen atoms in total. The van der Waals surface area contributed by atoms with Gasteiger partial charge in [0, 0.05) is 24.0 Å². The Kier molecular flexibility index (Phi) is 12.0. The molecule has 0 bridgehead atoms. The Bertz CT molecular complexity index is 908. The third-order valence-electron chi connectivity index (χ3n) is 5.54. The van der Waals surface area contributed by atoms with Crippen LogP contribution in [0.1, 0.15) is 52.4 Å². The number of hydrogen-bond donors (Lipinski definition) is 4. The minimum Gasteiger partial charge on any atom is -0.756 e. The number of phosphoric ester groups is 1. The van der Waals surface area contributed by atoms with Crippen LogP contribution in [0.4, 0.5) is 4.79 Å². The number of allylic oxidation sites excluding steroid dienone is 2. The summed E-state index contributed by atoms with van der Waals surface area (Å²) in [6, 6.07) is 0.314. The van der Waals surface area contributed by atoms with Crippen molar-refractivity contribution in [3.8, 4) is 0 Å². The van der Waals surface area contributed by atoms with Gasteiger partial charge in [-0.3, -0.25) is 13.9 Å². The van der Waals surface area contributed by atoms with Gasteiger partial charge in [0.05, 0.1) is 18.7 Å². The third-order valence-corrected chi connectivity index (χ3v) is 9.14. The number of amides is 3. The standard InChI is InChI=1S/C20H35N3O9P2S/c1-14(10-11-31-34(29,30)32-33(26,27)28)6-5-7-15(2)12-21-18(24)9-4-3-8-17-19-16(13-35-17)22-20(25)23-19/h7,10,16-17,19H,3-6,8-9,11-13H2,1-2H3,(H,21,24)(H,29,30)(H2,22,23,25)(H2,26,27,28)/p-2/b14-10+,15-7+/t16-,17-,19-/m0/s1. The first-order valence-corrected chi connectivity index (χ1v) is 15.3. The molecule has 2 rings (SSSR count). The smallest absolute Gasteiger partial charge is 0.315 e. The van der Waals surface area contributed by atoms with Crippen LogP contribution in [-0.2, 0) is 22.8 Å². The number of thioether (sulfide) groups is 1. The molecule has 35 heavy (non-hydrogen) atoms. The van der Waals surface area contributed by atoms with Crippen LogP contribution in [0, 0.1) is 0 Å². The maximum atomic E-state index is 12.1. The van der Waals surface area contributed by atoms with Gasteiger partial charge in [-0.25, -0.2) is 9.11 Å². The summed E-state index contributed by atoms with van der Waals surface area (Å²) in [6.45, 7) is 3.69. The van der Waals surface area contributed by atoms with Crippen molar-refractivity contribution in [3.05, 3.63) is 23.3 Å². The summed E-state index contributed by atoms with van der Waals surface area (Å²) in [5.74, 6) is 0.922. The van der Waals surface area contributed by atoms with E-state index in [1.165, 1.54) is 6.08 Å². The predicted octanol–water partition coefficient (Wildman–Crippen LogP) is 1.46. The molecule has 2 aliphatic heterocycles. The number of urea groups is 1. The minimum atomic E-state index is -5.44. The number of phosphoric acid groups is 2. The monoisotopic (exact) mass is 553 g/mol. The maximum absolute atomic E-state index is 12.1. The fourth-order valence-corrected chi connectivity index (χ4v) is 6.74. The minimum absolute atomic E-state index is 0.00599. The van der Waals surface area contributed by atoms with E-state index in [2.05, 4.69) is 24.8 Å². The van der Waals surface area contributed by atoms with E-state index in [0.29, 0.717) is 31.1 Å². The Labute approximate surface area is 209 Å². The molecule has 0 saturated carbocycles. The van der Waals surface area contributed by atoms with Crippen molar-refractivity contribution in [2.45, 2.75) is 69.7 Å². The molecule has 2 saturated heterocycles. The number of unbranched alkanes of at least 4 members (excludes halogenated alkanes) is 1. The molecule has 0 aliphatic carbocycles. The molecule has 2 unspecified atom stereocenters. The van der Waals surface area contributed by atoms with E-state index < -0.39 is 22.3 Å². The summed E-state index contributed by atoms with van der Waals surface area (Å²) in [5, 5.41) is 9.19. The van der Waals surface area contributed by atoms with Gasteiger partial charge < -0.3 is 35.2 Å². The molecule has 0 aromatic carbocycles. The van der Waals surface area contributed by atoms with Gasteiger partial charge in [0.2, 0.25) is 5.91 Å². The summed E-state index contributed by atoms with van der Waals surface area (Å²) < 4.78 is 29.5. The highest BCUT2D eigenvalue weighted by Crippen LogP contribution is 2.52. The van der Waals surface area contributed by atoms with Crippen LogP contribution in [0.3, 0.4) is 0 Å². The molecule has 200 valence electrons. The average Bonchev–Trinajstić information content (AvgIpc) is 3.27. The summed E-state index contributed by atoms with van der Waals surface area (Å²) in [6.07, 6.45) is 7.85. The van der Waals surface area contributed by atoms with Crippen LogP contribution in [0.15, 0.2) is 23.3 Å². The summed E-state index contributed by atoms with van der Waals surface area (Å²) in [5.41, 5.74) is 1.80. The highest BCUT2D eigenvalue weighted by atomic mass is 32.2. The normalized spacial score (nSPS) is 25.9. The molecule has 2 heterocycles. The van der Waals surface area contributed by atoms with E-state index in [-0.39, 0.29) is 24.0 Å². The molecule has 0 spiro atoms. The Morgan fingerprint density at radius 2 is 1.94 bits per heavy atom. The highest BCUT2D eigenvalue weighted by molar-refractivity contribution is 8.00. The Hall–Kier alpha value is -1.17. The lowest BCUT2D eigenvalue weighted by Gasteiger charge is -2.26. The Morgan fingerprint density at radius 1 is 1.20 bits per heavy atom. The molecule has 2 fully saturated rings. The van der Waals surface area contributed by atoms with E-state index in [4.69, 9.17) is 4.89 Å². The fourth-order valence-electron chi connectivity index (χ4n) is 3.74. The van der Waals surface area contributed by atoms with Gasteiger partial charge in [-0.05, 0) is 39.5 Å². The van der Waals surface area contributed by atoms with Crippen molar-refractivity contribution >= 4 is 39.3 Å². The van der Waals surface area contributed by atoms with Gasteiger partial charge in [0.15, 0.2) is 0 Å². The molecule has 0 aromatic heterocycles. The quantitative estimate of drug-likeness (QED) is 0.1000. The Balaban J connectivity index is 1.55. The molecular formula is C20H33N3O9P2S-2. The number of carbonyl (C=O) groups excluding carboxylic acids is 2. The van der Waals surface area contributed by atoms with Crippen molar-refractivity contribution in [3.63, 3.8) is 0 Å². The zero-order valence-electron chi connectivity index (χ0n) is 19.8. The van der Waals surface area contributed by atoms with Crippen LogP contribution in [0.2, 0.25) is 0 Å². The molecule has 3 amide bonds. The molecule has 0 aromatic rings. The summed E-state index contributed by atoms with van der Waals surface area (Å²) in [4.78, 5) is 53.6. The van der Waals surface area contributed by atoms with Crippen LogP contribution in [-0.4, -0.2) is 53.1 Å². The predicted molar refractivity (Wildman–Crippen MR) is 128 cm³/mol. The maximum Gasteiger partial charge on any atom is 0.315 e. The number of fused-ring (bicyclic) bond motifs is 1. The molecule has 0 radical (unpaired) electrons. The molecule has 15 heteroatoms. The van der Waals surface area contributed by atoms with Crippen LogP contribution in [0.25, 0.3) is 0 Å². The first-order chi connectivity index (χ1) is 16.3. The second-order valence-electron chi connectivity index (χ2n) is 8.58. The van der Waals surface area contributed by atoms with Gasteiger partial charge in [-0.15, -0.1) is 0 Å². The van der Waals surface area contributed by atoms with Gasteiger partial charge in [-0.1, -0.05) is 29.7 Å².